The molecule has 0 bridgehead atoms. The van der Waals surface area contributed by atoms with Crippen LogP contribution >= 0.6 is 22.7 Å². The van der Waals surface area contributed by atoms with Crippen LogP contribution in [0.15, 0.2) is 152 Å². The minimum atomic E-state index is 0.666. The van der Waals surface area contributed by atoms with Crippen LogP contribution in [0.2, 0.25) is 0 Å². The predicted octanol–water partition coefficient (Wildman–Crippen LogP) is 13.1. The Balaban J connectivity index is 1.29. The molecule has 0 spiro atoms. The predicted molar refractivity (Wildman–Crippen MR) is 214 cm³/mol. The fourth-order valence-corrected chi connectivity index (χ4v) is 10.0. The molecule has 0 aliphatic heterocycles. The lowest BCUT2D eigenvalue weighted by Gasteiger charge is -2.13. The Morgan fingerprint density at radius 2 is 1.00 bits per heavy atom. The van der Waals surface area contributed by atoms with Crippen LogP contribution in [0.25, 0.3) is 107 Å². The van der Waals surface area contributed by atoms with Gasteiger partial charge in [-0.3, -0.25) is 0 Å². The molecule has 0 saturated heterocycles. The van der Waals surface area contributed by atoms with Gasteiger partial charge in [0, 0.05) is 62.4 Å². The molecule has 0 saturated carbocycles. The highest BCUT2D eigenvalue weighted by atomic mass is 32.1. The lowest BCUT2D eigenvalue weighted by Crippen LogP contribution is -2.01. The molecule has 8 aromatic carbocycles. The van der Waals surface area contributed by atoms with Crippen molar-refractivity contribution in [1.29, 1.82) is 0 Å². The first-order valence-corrected chi connectivity index (χ1v) is 18.3. The Labute approximate surface area is 294 Å². The highest BCUT2D eigenvalue weighted by Crippen LogP contribution is 2.47. The second-order valence-electron chi connectivity index (χ2n) is 12.8. The molecule has 0 aliphatic rings. The molecule has 0 fully saturated rings. The highest BCUT2D eigenvalue weighted by molar-refractivity contribution is 7.27. The number of hydrogen-bond donors (Lipinski definition) is 0. The van der Waals surface area contributed by atoms with Crippen molar-refractivity contribution in [2.45, 2.75) is 0 Å². The Morgan fingerprint density at radius 3 is 1.86 bits per heavy atom. The first-order valence-electron chi connectivity index (χ1n) is 16.7. The van der Waals surface area contributed by atoms with Gasteiger partial charge in [0.05, 0.1) is 0 Å². The van der Waals surface area contributed by atoms with E-state index in [0.29, 0.717) is 17.5 Å². The monoisotopic (exact) mass is 671 g/mol. The van der Waals surface area contributed by atoms with Crippen LogP contribution in [0.3, 0.4) is 0 Å². The quantitative estimate of drug-likeness (QED) is 0.176. The summed E-state index contributed by atoms with van der Waals surface area (Å²) in [4.78, 5) is 15.9. The van der Waals surface area contributed by atoms with Crippen LogP contribution in [0, 0.1) is 0 Å². The lowest BCUT2D eigenvalue weighted by molar-refractivity contribution is 1.08. The third-order valence-electron chi connectivity index (χ3n) is 9.87. The van der Waals surface area contributed by atoms with Crippen LogP contribution in [-0.4, -0.2) is 15.0 Å². The summed E-state index contributed by atoms with van der Waals surface area (Å²) >= 11 is 3.67. The molecule has 3 heterocycles. The van der Waals surface area contributed by atoms with E-state index in [0.717, 1.165) is 16.7 Å². The number of benzene rings is 8. The molecule has 11 rings (SSSR count). The van der Waals surface area contributed by atoms with Crippen LogP contribution < -0.4 is 0 Å². The molecule has 0 atom stereocenters. The van der Waals surface area contributed by atoms with Crippen LogP contribution in [-0.2, 0) is 0 Å². The summed E-state index contributed by atoms with van der Waals surface area (Å²) in [6.07, 6.45) is 0. The second kappa shape index (κ2) is 10.7. The molecular weight excluding hydrogens is 647 g/mol. The largest absolute Gasteiger partial charge is 0.208 e. The van der Waals surface area contributed by atoms with Crippen molar-refractivity contribution in [3.8, 4) is 34.2 Å². The third kappa shape index (κ3) is 4.18. The fourth-order valence-electron chi connectivity index (χ4n) is 7.59. The Hall–Kier alpha value is -6.01. The first kappa shape index (κ1) is 27.9. The van der Waals surface area contributed by atoms with Crippen LogP contribution in [0.5, 0.6) is 0 Å². The summed E-state index contributed by atoms with van der Waals surface area (Å²) in [7, 11) is 0. The summed E-state index contributed by atoms with van der Waals surface area (Å²) in [5, 5.41) is 12.2. The zero-order chi connectivity index (χ0) is 32.8. The summed E-state index contributed by atoms with van der Waals surface area (Å²) in [5.74, 6) is 2.02. The van der Waals surface area contributed by atoms with Gasteiger partial charge in [0.1, 0.15) is 0 Å². The molecule has 0 unspecified atom stereocenters. The van der Waals surface area contributed by atoms with Crippen LogP contribution in [0.4, 0.5) is 0 Å². The smallest absolute Gasteiger partial charge is 0.164 e. The van der Waals surface area contributed by atoms with Gasteiger partial charge in [-0.2, -0.15) is 0 Å². The minimum absolute atomic E-state index is 0.666. The molecule has 3 nitrogen and oxygen atoms in total. The zero-order valence-corrected chi connectivity index (χ0v) is 28.2. The minimum Gasteiger partial charge on any atom is -0.208 e. The van der Waals surface area contributed by atoms with E-state index in [1.165, 1.54) is 72.7 Å². The standard InChI is InChI=1S/C45H25N3S2/c1-2-12-27(13-3-1)43-46-44(33-18-10-20-37-40(33)32-17-8-9-19-36(32)49-37)48-45(47-43)35-24-30-22-21-26-11-6-7-16-31(26)39(30)42-41(35)34-23-28-14-4-5-15-29(28)25-38(34)50-42/h1-25H. The van der Waals surface area contributed by atoms with Gasteiger partial charge >= 0.3 is 0 Å². The molecule has 5 heteroatoms. The van der Waals surface area contributed by atoms with Gasteiger partial charge in [-0.05, 0) is 57.3 Å². The SMILES string of the molecule is c1ccc(-c2nc(-c3cccc4sc5ccccc5c34)nc(-c3cc4ccc5ccccc5c4c4sc5cc6ccccc6cc5c34)n2)cc1. The average molecular weight is 672 g/mol. The van der Waals surface area contributed by atoms with Gasteiger partial charge in [-0.25, -0.2) is 15.0 Å². The maximum Gasteiger partial charge on any atom is 0.164 e. The van der Waals surface area contributed by atoms with Crippen molar-refractivity contribution in [2.75, 3.05) is 0 Å². The van der Waals surface area contributed by atoms with Crippen molar-refractivity contribution in [3.63, 3.8) is 0 Å². The number of nitrogens with zero attached hydrogens (tertiary/aromatic N) is 3. The fraction of sp³-hybridized carbons (Fsp3) is 0. The van der Waals surface area contributed by atoms with E-state index in [-0.39, 0.29) is 0 Å². The number of aromatic nitrogens is 3. The van der Waals surface area contributed by atoms with Gasteiger partial charge in [-0.15, -0.1) is 22.7 Å². The van der Waals surface area contributed by atoms with Gasteiger partial charge < -0.3 is 0 Å². The number of hydrogen-bond acceptors (Lipinski definition) is 5. The highest BCUT2D eigenvalue weighted by Gasteiger charge is 2.22. The van der Waals surface area contributed by atoms with E-state index in [1.807, 2.05) is 40.9 Å². The van der Waals surface area contributed by atoms with Gasteiger partial charge in [0.2, 0.25) is 0 Å². The molecule has 3 aromatic heterocycles. The van der Waals surface area contributed by atoms with Crippen molar-refractivity contribution in [3.05, 3.63) is 152 Å². The van der Waals surface area contributed by atoms with Crippen LogP contribution in [0.1, 0.15) is 0 Å². The number of thiophene rings is 2. The Bertz CT molecular complexity index is 3160. The number of rotatable bonds is 3. The van der Waals surface area contributed by atoms with E-state index in [4.69, 9.17) is 15.0 Å². The molecular formula is C45H25N3S2. The van der Waals surface area contributed by atoms with Crippen molar-refractivity contribution < 1.29 is 0 Å². The molecule has 11 aromatic rings. The topological polar surface area (TPSA) is 38.7 Å². The zero-order valence-electron chi connectivity index (χ0n) is 26.6. The molecule has 50 heavy (non-hydrogen) atoms. The van der Waals surface area contributed by atoms with Crippen molar-refractivity contribution in [2.24, 2.45) is 0 Å². The maximum atomic E-state index is 5.39. The van der Waals surface area contributed by atoms with E-state index in [1.54, 1.807) is 0 Å². The summed E-state index contributed by atoms with van der Waals surface area (Å²) in [6, 6.07) is 54.2. The van der Waals surface area contributed by atoms with Gasteiger partial charge in [0.25, 0.3) is 0 Å². The van der Waals surface area contributed by atoms with E-state index >= 15 is 0 Å². The Morgan fingerprint density at radius 1 is 0.340 bits per heavy atom. The average Bonchev–Trinajstić information content (AvgIpc) is 3.75. The molecule has 0 amide bonds. The van der Waals surface area contributed by atoms with E-state index in [2.05, 4.69) is 133 Å². The normalized spacial score (nSPS) is 12.0. The molecule has 0 N–H and O–H groups in total. The lowest BCUT2D eigenvalue weighted by atomic mass is 9.95. The van der Waals surface area contributed by atoms with Crippen molar-refractivity contribution >= 4 is 95.3 Å². The van der Waals surface area contributed by atoms with E-state index < -0.39 is 0 Å². The van der Waals surface area contributed by atoms with Gasteiger partial charge in [0.15, 0.2) is 17.5 Å². The summed E-state index contributed by atoms with van der Waals surface area (Å²) in [5.41, 5.74) is 3.00. The maximum absolute atomic E-state index is 5.39. The number of fused-ring (bicyclic) bond motifs is 11. The second-order valence-corrected chi connectivity index (χ2v) is 14.9. The van der Waals surface area contributed by atoms with E-state index in [9.17, 15) is 0 Å². The molecule has 232 valence electrons. The summed E-state index contributed by atoms with van der Waals surface area (Å²) in [6.45, 7) is 0. The van der Waals surface area contributed by atoms with Gasteiger partial charge in [-0.1, -0.05) is 121 Å². The third-order valence-corrected chi connectivity index (χ3v) is 12.2. The Kier molecular flexibility index (Phi) is 5.99. The molecule has 0 aliphatic carbocycles. The first-order chi connectivity index (χ1) is 24.8. The summed E-state index contributed by atoms with van der Waals surface area (Å²) < 4.78 is 5.00. The van der Waals surface area contributed by atoms with Crippen molar-refractivity contribution in [1.82, 2.24) is 15.0 Å². The molecule has 0 radical (unpaired) electrons.